The summed E-state index contributed by atoms with van der Waals surface area (Å²) in [6, 6.07) is 7.78. The Bertz CT molecular complexity index is 381. The van der Waals surface area contributed by atoms with E-state index in [1.807, 2.05) is 24.3 Å². The molecule has 0 unspecified atom stereocenters. The summed E-state index contributed by atoms with van der Waals surface area (Å²) in [4.78, 5) is 11.5. The molecule has 1 N–H and O–H groups in total. The van der Waals surface area contributed by atoms with Crippen molar-refractivity contribution >= 4 is 17.5 Å². The molecular weight excluding hydrogens is 278 g/mol. The first kappa shape index (κ1) is 17.0. The second kappa shape index (κ2) is 10.7. The van der Waals surface area contributed by atoms with Crippen molar-refractivity contribution in [2.75, 3.05) is 33.5 Å². The molecule has 0 aliphatic rings. The van der Waals surface area contributed by atoms with E-state index in [1.54, 1.807) is 7.11 Å². The standard InChI is InChI=1S/C15H22ClNO3/c1-19-11-12-20-10-8-15(18)17-9-2-3-13-4-6-14(16)7-5-13/h4-7H,2-3,8-12H2,1H3,(H,17,18). The number of nitrogens with one attached hydrogen (secondary N) is 1. The van der Waals surface area contributed by atoms with Gasteiger partial charge < -0.3 is 14.8 Å². The molecule has 0 aliphatic heterocycles. The first-order chi connectivity index (χ1) is 9.72. The molecule has 0 spiro atoms. The van der Waals surface area contributed by atoms with Crippen LogP contribution in [0.3, 0.4) is 0 Å². The van der Waals surface area contributed by atoms with Crippen molar-refractivity contribution in [1.82, 2.24) is 5.32 Å². The molecule has 0 heterocycles. The molecule has 1 aromatic carbocycles. The van der Waals surface area contributed by atoms with Gasteiger partial charge in [-0.2, -0.15) is 0 Å². The van der Waals surface area contributed by atoms with Gasteiger partial charge in [-0.05, 0) is 30.5 Å². The normalized spacial score (nSPS) is 10.5. The Kier molecular flexibility index (Phi) is 9.04. The average Bonchev–Trinajstić information content (AvgIpc) is 2.45. The number of hydrogen-bond acceptors (Lipinski definition) is 3. The summed E-state index contributed by atoms with van der Waals surface area (Å²) in [6.07, 6.45) is 2.24. The van der Waals surface area contributed by atoms with Gasteiger partial charge in [0.15, 0.2) is 0 Å². The van der Waals surface area contributed by atoms with E-state index in [1.165, 1.54) is 5.56 Å². The highest BCUT2D eigenvalue weighted by Gasteiger charge is 2.00. The van der Waals surface area contributed by atoms with Gasteiger partial charge in [-0.15, -0.1) is 0 Å². The summed E-state index contributed by atoms with van der Waals surface area (Å²) in [5.41, 5.74) is 1.23. The Morgan fingerprint density at radius 3 is 2.65 bits per heavy atom. The first-order valence-corrected chi connectivity index (χ1v) is 7.18. The Balaban J connectivity index is 2.00. The van der Waals surface area contributed by atoms with Crippen molar-refractivity contribution in [3.8, 4) is 0 Å². The van der Waals surface area contributed by atoms with Gasteiger partial charge in [-0.3, -0.25) is 4.79 Å². The van der Waals surface area contributed by atoms with Crippen molar-refractivity contribution < 1.29 is 14.3 Å². The van der Waals surface area contributed by atoms with E-state index >= 15 is 0 Å². The van der Waals surface area contributed by atoms with E-state index in [0.29, 0.717) is 32.8 Å². The van der Waals surface area contributed by atoms with Gasteiger partial charge in [-0.1, -0.05) is 23.7 Å². The van der Waals surface area contributed by atoms with Crippen LogP contribution in [-0.4, -0.2) is 39.4 Å². The van der Waals surface area contributed by atoms with Gasteiger partial charge in [-0.25, -0.2) is 0 Å². The predicted molar refractivity (Wildman–Crippen MR) is 80.1 cm³/mol. The molecule has 112 valence electrons. The molecule has 1 amide bonds. The highest BCUT2D eigenvalue weighted by atomic mass is 35.5. The summed E-state index contributed by atoms with van der Waals surface area (Å²) in [6.45, 7) is 2.20. The smallest absolute Gasteiger partial charge is 0.222 e. The zero-order valence-electron chi connectivity index (χ0n) is 11.9. The lowest BCUT2D eigenvalue weighted by atomic mass is 10.1. The van der Waals surface area contributed by atoms with Gasteiger partial charge in [0.05, 0.1) is 19.8 Å². The Morgan fingerprint density at radius 1 is 1.20 bits per heavy atom. The van der Waals surface area contributed by atoms with E-state index in [-0.39, 0.29) is 5.91 Å². The molecule has 0 atom stereocenters. The Hall–Kier alpha value is -1.10. The fourth-order valence-electron chi connectivity index (χ4n) is 1.67. The fraction of sp³-hybridized carbons (Fsp3) is 0.533. The van der Waals surface area contributed by atoms with Gasteiger partial charge in [0.25, 0.3) is 0 Å². The Labute approximate surface area is 125 Å². The molecule has 0 fully saturated rings. The van der Waals surface area contributed by atoms with Gasteiger partial charge in [0.2, 0.25) is 5.91 Å². The molecule has 1 aromatic rings. The van der Waals surface area contributed by atoms with Gasteiger partial charge in [0.1, 0.15) is 0 Å². The second-order valence-corrected chi connectivity index (χ2v) is 4.87. The highest BCUT2D eigenvalue weighted by molar-refractivity contribution is 6.30. The molecule has 20 heavy (non-hydrogen) atoms. The number of hydrogen-bond donors (Lipinski definition) is 1. The van der Waals surface area contributed by atoms with Crippen LogP contribution in [0.4, 0.5) is 0 Å². The molecule has 0 bridgehead atoms. The van der Waals surface area contributed by atoms with Crippen molar-refractivity contribution in [3.63, 3.8) is 0 Å². The molecule has 0 saturated carbocycles. The van der Waals surface area contributed by atoms with Crippen LogP contribution in [0.5, 0.6) is 0 Å². The molecule has 0 aliphatic carbocycles. The number of amides is 1. The number of halogens is 1. The van der Waals surface area contributed by atoms with E-state index in [0.717, 1.165) is 17.9 Å². The topological polar surface area (TPSA) is 47.6 Å². The summed E-state index contributed by atoms with van der Waals surface area (Å²) in [5.74, 6) is 0.0264. The molecule has 5 heteroatoms. The quantitative estimate of drug-likeness (QED) is 0.675. The van der Waals surface area contributed by atoms with Crippen LogP contribution < -0.4 is 5.32 Å². The minimum absolute atomic E-state index is 0.0264. The Morgan fingerprint density at radius 2 is 1.95 bits per heavy atom. The zero-order chi connectivity index (χ0) is 14.6. The van der Waals surface area contributed by atoms with Gasteiger partial charge >= 0.3 is 0 Å². The molecule has 0 aromatic heterocycles. The molecule has 0 radical (unpaired) electrons. The maximum Gasteiger partial charge on any atom is 0.222 e. The van der Waals surface area contributed by atoms with Crippen molar-refractivity contribution in [2.45, 2.75) is 19.3 Å². The fourth-order valence-corrected chi connectivity index (χ4v) is 1.79. The van der Waals surface area contributed by atoms with Crippen molar-refractivity contribution in [3.05, 3.63) is 34.9 Å². The minimum atomic E-state index is 0.0264. The SMILES string of the molecule is COCCOCCC(=O)NCCCc1ccc(Cl)cc1. The maximum absolute atomic E-state index is 11.5. The number of ether oxygens (including phenoxy) is 2. The molecule has 0 saturated heterocycles. The maximum atomic E-state index is 11.5. The lowest BCUT2D eigenvalue weighted by Crippen LogP contribution is -2.26. The largest absolute Gasteiger partial charge is 0.382 e. The first-order valence-electron chi connectivity index (χ1n) is 6.80. The minimum Gasteiger partial charge on any atom is -0.382 e. The summed E-state index contributed by atoms with van der Waals surface area (Å²) >= 11 is 5.82. The van der Waals surface area contributed by atoms with E-state index in [9.17, 15) is 4.79 Å². The zero-order valence-corrected chi connectivity index (χ0v) is 12.6. The number of carbonyl (C=O) groups excluding carboxylic acids is 1. The molecule has 4 nitrogen and oxygen atoms in total. The molecular formula is C15H22ClNO3. The van der Waals surface area contributed by atoms with Crippen LogP contribution in [0.2, 0.25) is 5.02 Å². The lowest BCUT2D eigenvalue weighted by molar-refractivity contribution is -0.122. The van der Waals surface area contributed by atoms with Crippen LogP contribution in [0.15, 0.2) is 24.3 Å². The number of rotatable bonds is 10. The van der Waals surface area contributed by atoms with Crippen molar-refractivity contribution in [2.24, 2.45) is 0 Å². The van der Waals surface area contributed by atoms with E-state index in [2.05, 4.69) is 5.32 Å². The summed E-state index contributed by atoms with van der Waals surface area (Å²) < 4.78 is 10.1. The molecule has 1 rings (SSSR count). The lowest BCUT2D eigenvalue weighted by Gasteiger charge is -2.06. The summed E-state index contributed by atoms with van der Waals surface area (Å²) in [5, 5.41) is 3.62. The van der Waals surface area contributed by atoms with Gasteiger partial charge in [0, 0.05) is 25.1 Å². The predicted octanol–water partition coefficient (Wildman–Crippen LogP) is 2.44. The number of carbonyl (C=O) groups is 1. The second-order valence-electron chi connectivity index (χ2n) is 4.44. The van der Waals surface area contributed by atoms with Crippen molar-refractivity contribution in [1.29, 1.82) is 0 Å². The van der Waals surface area contributed by atoms with Crippen LogP contribution in [0.25, 0.3) is 0 Å². The number of methoxy groups -OCH3 is 1. The van der Waals surface area contributed by atoms with Crippen LogP contribution in [-0.2, 0) is 20.7 Å². The average molecular weight is 300 g/mol. The van der Waals surface area contributed by atoms with E-state index < -0.39 is 0 Å². The van der Waals surface area contributed by atoms with Crippen LogP contribution >= 0.6 is 11.6 Å². The monoisotopic (exact) mass is 299 g/mol. The third-order valence-electron chi connectivity index (χ3n) is 2.78. The number of benzene rings is 1. The number of aryl methyl sites for hydroxylation is 1. The third kappa shape index (κ3) is 8.15. The van der Waals surface area contributed by atoms with E-state index in [4.69, 9.17) is 21.1 Å². The van der Waals surface area contributed by atoms with Crippen LogP contribution in [0, 0.1) is 0 Å². The van der Waals surface area contributed by atoms with Crippen LogP contribution in [0.1, 0.15) is 18.4 Å². The summed E-state index contributed by atoms with van der Waals surface area (Å²) in [7, 11) is 1.62. The highest BCUT2D eigenvalue weighted by Crippen LogP contribution is 2.10. The third-order valence-corrected chi connectivity index (χ3v) is 3.03.